The average molecular weight is 215 g/mol. The minimum atomic E-state index is -0.937. The summed E-state index contributed by atoms with van der Waals surface area (Å²) in [7, 11) is 0. The topological polar surface area (TPSA) is 66.4 Å². The molecule has 0 aromatic rings. The Morgan fingerprint density at radius 3 is 2.27 bits per heavy atom. The van der Waals surface area contributed by atoms with Gasteiger partial charge < -0.3 is 10.4 Å². The summed E-state index contributed by atoms with van der Waals surface area (Å²) in [4.78, 5) is 21.8. The lowest BCUT2D eigenvalue weighted by Gasteiger charge is -2.18. The highest BCUT2D eigenvalue weighted by Gasteiger charge is 2.17. The van der Waals surface area contributed by atoms with Crippen LogP contribution >= 0.6 is 0 Å². The van der Waals surface area contributed by atoms with E-state index < -0.39 is 11.9 Å². The maximum atomic E-state index is 11.4. The van der Waals surface area contributed by atoms with E-state index in [-0.39, 0.29) is 17.7 Å². The predicted molar refractivity (Wildman–Crippen MR) is 58.5 cm³/mol. The van der Waals surface area contributed by atoms with Crippen LogP contribution < -0.4 is 5.32 Å². The van der Waals surface area contributed by atoms with E-state index in [9.17, 15) is 9.59 Å². The van der Waals surface area contributed by atoms with Gasteiger partial charge in [-0.15, -0.1) is 0 Å². The van der Waals surface area contributed by atoms with E-state index in [1.54, 1.807) is 6.92 Å². The van der Waals surface area contributed by atoms with Gasteiger partial charge in [0.15, 0.2) is 0 Å². The normalized spacial score (nSPS) is 13.3. The standard InChI is InChI=1S/C11H21NO3/c1-8(7-9(13)14)10(15)12-6-5-11(2,3)4/h8H,5-7H2,1-4H3,(H,12,15)(H,13,14). The first kappa shape index (κ1) is 13.9. The zero-order valence-corrected chi connectivity index (χ0v) is 9.96. The van der Waals surface area contributed by atoms with E-state index in [2.05, 4.69) is 26.1 Å². The van der Waals surface area contributed by atoms with Gasteiger partial charge in [-0.3, -0.25) is 9.59 Å². The molecule has 1 unspecified atom stereocenters. The fraction of sp³-hybridized carbons (Fsp3) is 0.818. The summed E-state index contributed by atoms with van der Waals surface area (Å²) in [5, 5.41) is 11.2. The van der Waals surface area contributed by atoms with Gasteiger partial charge in [0, 0.05) is 12.5 Å². The van der Waals surface area contributed by atoms with Crippen molar-refractivity contribution in [2.24, 2.45) is 11.3 Å². The molecule has 0 fully saturated rings. The van der Waals surface area contributed by atoms with Crippen LogP contribution in [-0.2, 0) is 9.59 Å². The largest absolute Gasteiger partial charge is 0.481 e. The fourth-order valence-electron chi connectivity index (χ4n) is 1.09. The lowest BCUT2D eigenvalue weighted by molar-refractivity contribution is -0.140. The minimum absolute atomic E-state index is 0.110. The molecule has 0 aromatic carbocycles. The van der Waals surface area contributed by atoms with Crippen LogP contribution in [0.2, 0.25) is 0 Å². The molecule has 4 nitrogen and oxygen atoms in total. The zero-order chi connectivity index (χ0) is 12.1. The van der Waals surface area contributed by atoms with Crippen LogP contribution in [0.3, 0.4) is 0 Å². The fourth-order valence-corrected chi connectivity index (χ4v) is 1.09. The lowest BCUT2D eigenvalue weighted by Crippen LogP contribution is -2.32. The monoisotopic (exact) mass is 215 g/mol. The van der Waals surface area contributed by atoms with Crippen LogP contribution in [0.25, 0.3) is 0 Å². The summed E-state index contributed by atoms with van der Waals surface area (Å²) in [6, 6.07) is 0. The van der Waals surface area contributed by atoms with Gasteiger partial charge in [-0.25, -0.2) is 0 Å². The maximum absolute atomic E-state index is 11.4. The molecule has 0 radical (unpaired) electrons. The number of hydrogen-bond acceptors (Lipinski definition) is 2. The Bertz CT molecular complexity index is 230. The highest BCUT2D eigenvalue weighted by molar-refractivity contribution is 5.82. The van der Waals surface area contributed by atoms with Crippen molar-refractivity contribution in [3.63, 3.8) is 0 Å². The minimum Gasteiger partial charge on any atom is -0.481 e. The molecule has 0 heterocycles. The number of carbonyl (C=O) groups is 2. The van der Waals surface area contributed by atoms with Crippen molar-refractivity contribution in [1.82, 2.24) is 5.32 Å². The van der Waals surface area contributed by atoms with Crippen molar-refractivity contribution in [3.05, 3.63) is 0 Å². The molecule has 0 spiro atoms. The molecule has 0 aromatic heterocycles. The van der Waals surface area contributed by atoms with Crippen LogP contribution in [0, 0.1) is 11.3 Å². The zero-order valence-electron chi connectivity index (χ0n) is 9.96. The number of rotatable bonds is 5. The number of nitrogens with one attached hydrogen (secondary N) is 1. The van der Waals surface area contributed by atoms with Crippen LogP contribution in [0.15, 0.2) is 0 Å². The molecular weight excluding hydrogens is 194 g/mol. The molecule has 1 amide bonds. The molecule has 2 N–H and O–H groups in total. The second kappa shape index (κ2) is 5.73. The average Bonchev–Trinajstić information content (AvgIpc) is 2.00. The molecule has 15 heavy (non-hydrogen) atoms. The molecule has 1 atom stereocenters. The van der Waals surface area contributed by atoms with Crippen molar-refractivity contribution < 1.29 is 14.7 Å². The van der Waals surface area contributed by atoms with Crippen LogP contribution in [0.1, 0.15) is 40.5 Å². The van der Waals surface area contributed by atoms with Gasteiger partial charge in [0.05, 0.1) is 6.42 Å². The first-order chi connectivity index (χ1) is 6.72. The van der Waals surface area contributed by atoms with E-state index in [4.69, 9.17) is 5.11 Å². The molecule has 0 saturated carbocycles. The van der Waals surface area contributed by atoms with Crippen molar-refractivity contribution in [3.8, 4) is 0 Å². The molecule has 0 bridgehead atoms. The summed E-state index contributed by atoms with van der Waals surface area (Å²) >= 11 is 0. The van der Waals surface area contributed by atoms with Gasteiger partial charge in [0.25, 0.3) is 0 Å². The molecule has 4 heteroatoms. The summed E-state index contributed by atoms with van der Waals surface area (Å²) in [5.41, 5.74) is 0.184. The molecule has 0 aliphatic carbocycles. The van der Waals surface area contributed by atoms with Gasteiger partial charge in [0.2, 0.25) is 5.91 Å². The van der Waals surface area contributed by atoms with E-state index >= 15 is 0 Å². The van der Waals surface area contributed by atoms with Gasteiger partial charge in [-0.05, 0) is 11.8 Å². The Morgan fingerprint density at radius 1 is 1.33 bits per heavy atom. The van der Waals surface area contributed by atoms with Crippen LogP contribution in [0.4, 0.5) is 0 Å². The highest BCUT2D eigenvalue weighted by atomic mass is 16.4. The van der Waals surface area contributed by atoms with Crippen molar-refractivity contribution in [2.45, 2.75) is 40.5 Å². The molecule has 0 aliphatic rings. The number of carboxylic acid groups (broad SMARTS) is 1. The summed E-state index contributed by atoms with van der Waals surface area (Å²) in [6.45, 7) is 8.52. The summed E-state index contributed by atoms with van der Waals surface area (Å²) < 4.78 is 0. The smallest absolute Gasteiger partial charge is 0.304 e. The molecule has 0 saturated heterocycles. The van der Waals surface area contributed by atoms with Crippen molar-refractivity contribution in [1.29, 1.82) is 0 Å². The Kier molecular flexibility index (Phi) is 5.33. The van der Waals surface area contributed by atoms with Crippen LogP contribution in [-0.4, -0.2) is 23.5 Å². The molecule has 88 valence electrons. The third kappa shape index (κ3) is 7.97. The Morgan fingerprint density at radius 2 is 1.87 bits per heavy atom. The van der Waals surface area contributed by atoms with Gasteiger partial charge in [0.1, 0.15) is 0 Å². The highest BCUT2D eigenvalue weighted by Crippen LogP contribution is 2.17. The lowest BCUT2D eigenvalue weighted by atomic mass is 9.92. The van der Waals surface area contributed by atoms with Crippen molar-refractivity contribution in [2.75, 3.05) is 6.54 Å². The quantitative estimate of drug-likeness (QED) is 0.732. The van der Waals surface area contributed by atoms with Gasteiger partial charge in [-0.1, -0.05) is 27.7 Å². The first-order valence-corrected chi connectivity index (χ1v) is 5.22. The summed E-state index contributed by atoms with van der Waals surface area (Å²) in [6.07, 6.45) is 0.778. The maximum Gasteiger partial charge on any atom is 0.304 e. The first-order valence-electron chi connectivity index (χ1n) is 5.22. The number of aliphatic carboxylic acids is 1. The van der Waals surface area contributed by atoms with E-state index in [1.807, 2.05) is 0 Å². The Labute approximate surface area is 91.1 Å². The SMILES string of the molecule is CC(CC(=O)O)C(=O)NCCC(C)(C)C. The second-order valence-electron chi connectivity index (χ2n) is 5.10. The Hall–Kier alpha value is -1.06. The van der Waals surface area contributed by atoms with E-state index in [1.165, 1.54) is 0 Å². The van der Waals surface area contributed by atoms with Crippen LogP contribution in [0.5, 0.6) is 0 Å². The number of carbonyl (C=O) groups excluding carboxylic acids is 1. The summed E-state index contributed by atoms with van der Waals surface area (Å²) in [5.74, 6) is -1.57. The molecule has 0 aliphatic heterocycles. The number of hydrogen-bond donors (Lipinski definition) is 2. The predicted octanol–water partition coefficient (Wildman–Crippen LogP) is 1.65. The third-order valence-corrected chi connectivity index (χ3v) is 2.10. The van der Waals surface area contributed by atoms with Gasteiger partial charge >= 0.3 is 5.97 Å². The number of carboxylic acids is 1. The van der Waals surface area contributed by atoms with Crippen molar-refractivity contribution >= 4 is 11.9 Å². The molecule has 0 rings (SSSR count). The molecular formula is C11H21NO3. The second-order valence-corrected chi connectivity index (χ2v) is 5.10. The Balaban J connectivity index is 3.79. The third-order valence-electron chi connectivity index (χ3n) is 2.10. The van der Waals surface area contributed by atoms with E-state index in [0.29, 0.717) is 6.54 Å². The van der Waals surface area contributed by atoms with E-state index in [0.717, 1.165) is 6.42 Å². The van der Waals surface area contributed by atoms with Gasteiger partial charge in [-0.2, -0.15) is 0 Å². The number of amides is 1.